The highest BCUT2D eigenvalue weighted by atomic mass is 19.1. The van der Waals surface area contributed by atoms with E-state index in [1.807, 2.05) is 13.1 Å². The molecule has 3 heteroatoms. The topological polar surface area (TPSA) is 29.3 Å². The second-order valence-corrected chi connectivity index (χ2v) is 4.50. The van der Waals surface area contributed by atoms with E-state index < -0.39 is 0 Å². The molecule has 0 fully saturated rings. The number of nitrogens with two attached hydrogens (primary N) is 1. The quantitative estimate of drug-likeness (QED) is 0.823. The predicted octanol–water partition coefficient (Wildman–Crippen LogP) is 1.99. The standard InChI is InChI=1S/C12H19FN2/c1-12(2,9-14)15(3)8-10-5-4-6-11(13)7-10/h4-7H,8-9,14H2,1-3H3. The molecule has 0 heterocycles. The van der Waals surface area contributed by atoms with Crippen LogP contribution < -0.4 is 5.73 Å². The van der Waals surface area contributed by atoms with Crippen molar-refractivity contribution >= 4 is 0 Å². The Morgan fingerprint density at radius 3 is 2.60 bits per heavy atom. The van der Waals surface area contributed by atoms with Gasteiger partial charge in [0.15, 0.2) is 0 Å². The Balaban J connectivity index is 2.70. The predicted molar refractivity (Wildman–Crippen MR) is 61.0 cm³/mol. The van der Waals surface area contributed by atoms with E-state index in [2.05, 4.69) is 18.7 Å². The summed E-state index contributed by atoms with van der Waals surface area (Å²) in [6.07, 6.45) is 0. The third-order valence-electron chi connectivity index (χ3n) is 2.84. The van der Waals surface area contributed by atoms with Crippen LogP contribution in [0, 0.1) is 5.82 Å². The van der Waals surface area contributed by atoms with E-state index in [9.17, 15) is 4.39 Å². The molecule has 1 aromatic carbocycles. The third-order valence-corrected chi connectivity index (χ3v) is 2.84. The van der Waals surface area contributed by atoms with Gasteiger partial charge in [0, 0.05) is 18.6 Å². The molecule has 2 nitrogen and oxygen atoms in total. The maximum atomic E-state index is 13.0. The Morgan fingerprint density at radius 1 is 1.40 bits per heavy atom. The van der Waals surface area contributed by atoms with Gasteiger partial charge in [-0.15, -0.1) is 0 Å². The van der Waals surface area contributed by atoms with Crippen molar-refractivity contribution in [1.82, 2.24) is 4.90 Å². The summed E-state index contributed by atoms with van der Waals surface area (Å²) in [4.78, 5) is 2.13. The second-order valence-electron chi connectivity index (χ2n) is 4.50. The van der Waals surface area contributed by atoms with E-state index in [1.165, 1.54) is 6.07 Å². The van der Waals surface area contributed by atoms with E-state index in [0.717, 1.165) is 5.56 Å². The summed E-state index contributed by atoms with van der Waals surface area (Å²) in [7, 11) is 2.00. The Bertz CT molecular complexity index is 323. The average Bonchev–Trinajstić information content (AvgIpc) is 2.17. The first kappa shape index (κ1) is 12.1. The minimum atomic E-state index is -0.188. The fourth-order valence-electron chi connectivity index (χ4n) is 1.28. The van der Waals surface area contributed by atoms with Crippen molar-refractivity contribution in [2.24, 2.45) is 5.73 Å². The molecule has 84 valence electrons. The molecule has 0 radical (unpaired) electrons. The SMILES string of the molecule is CN(Cc1cccc(F)c1)C(C)(C)CN. The Kier molecular flexibility index (Phi) is 3.83. The molecule has 15 heavy (non-hydrogen) atoms. The highest BCUT2D eigenvalue weighted by molar-refractivity contribution is 5.16. The third kappa shape index (κ3) is 3.29. The molecule has 0 spiro atoms. The van der Waals surface area contributed by atoms with Crippen molar-refractivity contribution in [2.75, 3.05) is 13.6 Å². The molecule has 0 aromatic heterocycles. The molecule has 1 aromatic rings. The maximum absolute atomic E-state index is 13.0. The largest absolute Gasteiger partial charge is 0.329 e. The van der Waals surface area contributed by atoms with Gasteiger partial charge in [-0.2, -0.15) is 0 Å². The number of likely N-dealkylation sites (N-methyl/N-ethyl adjacent to an activating group) is 1. The van der Waals surface area contributed by atoms with Crippen LogP contribution in [0.2, 0.25) is 0 Å². The van der Waals surface area contributed by atoms with Gasteiger partial charge in [-0.1, -0.05) is 12.1 Å². The van der Waals surface area contributed by atoms with E-state index in [0.29, 0.717) is 13.1 Å². The Labute approximate surface area is 90.9 Å². The number of nitrogens with zero attached hydrogens (tertiary/aromatic N) is 1. The number of hydrogen-bond donors (Lipinski definition) is 1. The summed E-state index contributed by atoms with van der Waals surface area (Å²) in [5, 5.41) is 0. The van der Waals surface area contributed by atoms with Gasteiger partial charge in [0.25, 0.3) is 0 Å². The molecular weight excluding hydrogens is 191 g/mol. The molecule has 1 rings (SSSR count). The molecule has 0 bridgehead atoms. The lowest BCUT2D eigenvalue weighted by Gasteiger charge is -2.34. The maximum Gasteiger partial charge on any atom is 0.123 e. The smallest absolute Gasteiger partial charge is 0.123 e. The summed E-state index contributed by atoms with van der Waals surface area (Å²) in [5.74, 6) is -0.188. The van der Waals surface area contributed by atoms with Crippen LogP contribution in [0.5, 0.6) is 0 Å². The zero-order chi connectivity index (χ0) is 11.5. The van der Waals surface area contributed by atoms with Crippen molar-refractivity contribution in [3.63, 3.8) is 0 Å². The van der Waals surface area contributed by atoms with Crippen molar-refractivity contribution in [3.05, 3.63) is 35.6 Å². The van der Waals surface area contributed by atoms with Crippen LogP contribution in [-0.2, 0) is 6.54 Å². The summed E-state index contributed by atoms with van der Waals surface area (Å²) >= 11 is 0. The van der Waals surface area contributed by atoms with Crippen LogP contribution in [0.4, 0.5) is 4.39 Å². The van der Waals surface area contributed by atoms with Crippen LogP contribution in [0.1, 0.15) is 19.4 Å². The van der Waals surface area contributed by atoms with Gasteiger partial charge >= 0.3 is 0 Å². The van der Waals surface area contributed by atoms with Gasteiger partial charge in [-0.25, -0.2) is 4.39 Å². The molecule has 0 saturated heterocycles. The fourth-order valence-corrected chi connectivity index (χ4v) is 1.28. The van der Waals surface area contributed by atoms with Crippen LogP contribution in [-0.4, -0.2) is 24.0 Å². The van der Waals surface area contributed by atoms with Gasteiger partial charge in [0.05, 0.1) is 0 Å². The van der Waals surface area contributed by atoms with E-state index in [4.69, 9.17) is 5.73 Å². The van der Waals surface area contributed by atoms with Gasteiger partial charge in [0.1, 0.15) is 5.82 Å². The number of hydrogen-bond acceptors (Lipinski definition) is 2. The van der Waals surface area contributed by atoms with Crippen molar-refractivity contribution in [3.8, 4) is 0 Å². The molecule has 0 amide bonds. The van der Waals surface area contributed by atoms with Gasteiger partial charge in [-0.05, 0) is 38.6 Å². The molecule has 0 aliphatic heterocycles. The summed E-state index contributed by atoms with van der Waals surface area (Å²) < 4.78 is 13.0. The number of benzene rings is 1. The molecule has 0 aliphatic carbocycles. The average molecular weight is 210 g/mol. The summed E-state index contributed by atoms with van der Waals surface area (Å²) in [6, 6.07) is 6.67. The van der Waals surface area contributed by atoms with Crippen molar-refractivity contribution in [1.29, 1.82) is 0 Å². The molecule has 0 aliphatic rings. The summed E-state index contributed by atoms with van der Waals surface area (Å²) in [6.45, 7) is 5.44. The van der Waals surface area contributed by atoms with E-state index in [-0.39, 0.29) is 11.4 Å². The number of halogens is 1. The van der Waals surface area contributed by atoms with Gasteiger partial charge in [0.2, 0.25) is 0 Å². The highest BCUT2D eigenvalue weighted by Gasteiger charge is 2.21. The minimum Gasteiger partial charge on any atom is -0.329 e. The van der Waals surface area contributed by atoms with Crippen molar-refractivity contribution < 1.29 is 4.39 Å². The van der Waals surface area contributed by atoms with Gasteiger partial charge in [-0.3, -0.25) is 4.90 Å². The zero-order valence-electron chi connectivity index (χ0n) is 9.63. The van der Waals surface area contributed by atoms with Crippen LogP contribution in [0.25, 0.3) is 0 Å². The molecule has 0 atom stereocenters. The normalized spacial score (nSPS) is 12.1. The molecule has 0 saturated carbocycles. The van der Waals surface area contributed by atoms with E-state index >= 15 is 0 Å². The lowest BCUT2D eigenvalue weighted by molar-refractivity contribution is 0.155. The lowest BCUT2D eigenvalue weighted by atomic mass is 10.0. The van der Waals surface area contributed by atoms with E-state index in [1.54, 1.807) is 12.1 Å². The van der Waals surface area contributed by atoms with Crippen LogP contribution in [0.3, 0.4) is 0 Å². The monoisotopic (exact) mass is 210 g/mol. The number of rotatable bonds is 4. The first-order valence-electron chi connectivity index (χ1n) is 5.11. The van der Waals surface area contributed by atoms with Crippen molar-refractivity contribution in [2.45, 2.75) is 25.9 Å². The molecule has 0 unspecified atom stereocenters. The fraction of sp³-hybridized carbons (Fsp3) is 0.500. The van der Waals surface area contributed by atoms with Crippen LogP contribution >= 0.6 is 0 Å². The molecular formula is C12H19FN2. The van der Waals surface area contributed by atoms with Gasteiger partial charge < -0.3 is 5.73 Å². The first-order valence-corrected chi connectivity index (χ1v) is 5.11. The Morgan fingerprint density at radius 2 is 2.07 bits per heavy atom. The van der Waals surface area contributed by atoms with Crippen LogP contribution in [0.15, 0.2) is 24.3 Å². The summed E-state index contributed by atoms with van der Waals surface area (Å²) in [5.41, 5.74) is 6.58. The second kappa shape index (κ2) is 4.73. The Hall–Kier alpha value is -0.930. The molecule has 2 N–H and O–H groups in total. The lowest BCUT2D eigenvalue weighted by Crippen LogP contribution is -2.46. The zero-order valence-corrected chi connectivity index (χ0v) is 9.63. The minimum absolute atomic E-state index is 0.0632. The first-order chi connectivity index (χ1) is 6.95. The highest BCUT2D eigenvalue weighted by Crippen LogP contribution is 2.14.